The fourth-order valence-electron chi connectivity index (χ4n) is 6.03. The first-order chi connectivity index (χ1) is 17.9. The molecule has 8 nitrogen and oxygen atoms in total. The number of ether oxygens (including phenoxy) is 1. The zero-order chi connectivity index (χ0) is 25.4. The molecule has 7 rings (SSSR count). The second-order valence-corrected chi connectivity index (χ2v) is 11.9. The lowest BCUT2D eigenvalue weighted by Gasteiger charge is -2.36. The van der Waals surface area contributed by atoms with Gasteiger partial charge in [0.05, 0.1) is 28.4 Å². The van der Waals surface area contributed by atoms with E-state index in [9.17, 15) is 9.18 Å². The Kier molecular flexibility index (Phi) is 5.43. The third-order valence-electron chi connectivity index (χ3n) is 7.54. The van der Waals surface area contributed by atoms with Crippen LogP contribution in [0.25, 0.3) is 32.2 Å². The fraction of sp³-hybridized carbons (Fsp3) is 0.400. The predicted molar refractivity (Wildman–Crippen MR) is 143 cm³/mol. The summed E-state index contributed by atoms with van der Waals surface area (Å²) in [7, 11) is 1.60. The second kappa shape index (κ2) is 8.62. The Labute approximate surface area is 218 Å². The summed E-state index contributed by atoms with van der Waals surface area (Å²) in [6, 6.07) is 4.73. The summed E-state index contributed by atoms with van der Waals surface area (Å²) >= 11 is 2.51. The van der Waals surface area contributed by atoms with E-state index in [-0.39, 0.29) is 21.6 Å². The van der Waals surface area contributed by atoms with Gasteiger partial charge in [-0.3, -0.25) is 4.57 Å². The number of benzene rings is 2. The SMILES string of the molecule is COC[C@H]1CSc2c(-c3ccc(F)c4sc(N)nc34)c(F)cc3c(N4CC5CCC(C4)N5)nc(=O)n1c23. The van der Waals surface area contributed by atoms with E-state index in [0.717, 1.165) is 24.2 Å². The molecule has 2 bridgehead atoms. The molecular formula is C25H24F2N6O2S2. The van der Waals surface area contributed by atoms with Crippen LogP contribution in [0.15, 0.2) is 27.9 Å². The summed E-state index contributed by atoms with van der Waals surface area (Å²) in [5.41, 5.74) is 7.23. The normalized spacial score (nSPS) is 22.9. The van der Waals surface area contributed by atoms with Crippen molar-refractivity contribution >= 4 is 55.2 Å². The standard InChI is InChI=1S/C25H24F2N6O2S2/c1-35-9-13-10-36-22-18(14-4-5-16(26)21-19(14)30-24(28)37-21)17(27)6-15-20(22)33(13)25(34)31-23(15)32-7-11-2-3-12(8-32)29-11/h4-6,11-13,29H,2-3,7-10H2,1H3,(H2,28,30)/t11?,12?,13-/m0/s1. The number of hydrogen-bond donors (Lipinski definition) is 2. The topological polar surface area (TPSA) is 98.3 Å². The van der Waals surface area contributed by atoms with Gasteiger partial charge in [0.15, 0.2) is 5.13 Å². The van der Waals surface area contributed by atoms with E-state index >= 15 is 4.39 Å². The Hall–Kier alpha value is -2.80. The number of rotatable bonds is 4. The molecule has 2 aromatic heterocycles. The number of nitrogens with two attached hydrogens (primary N) is 1. The monoisotopic (exact) mass is 542 g/mol. The van der Waals surface area contributed by atoms with Gasteiger partial charge in [0.25, 0.3) is 0 Å². The van der Waals surface area contributed by atoms with Crippen LogP contribution in [0.5, 0.6) is 0 Å². The number of methoxy groups -OCH3 is 1. The molecule has 0 amide bonds. The molecule has 4 aromatic rings. The molecule has 37 heavy (non-hydrogen) atoms. The summed E-state index contributed by atoms with van der Waals surface area (Å²) in [6.45, 7) is 1.76. The van der Waals surface area contributed by atoms with Gasteiger partial charge in [-0.05, 0) is 31.0 Å². The molecule has 3 aliphatic rings. The smallest absolute Gasteiger partial charge is 0.350 e. The summed E-state index contributed by atoms with van der Waals surface area (Å²) in [4.78, 5) is 25.1. The van der Waals surface area contributed by atoms with Crippen molar-refractivity contribution < 1.29 is 13.5 Å². The minimum Gasteiger partial charge on any atom is -0.383 e. The fourth-order valence-corrected chi connectivity index (χ4v) is 8.10. The Morgan fingerprint density at radius 1 is 1.19 bits per heavy atom. The average Bonchev–Trinajstić information content (AvgIpc) is 3.44. The highest BCUT2D eigenvalue weighted by atomic mass is 32.2. The lowest BCUT2D eigenvalue weighted by Crippen LogP contribution is -2.52. The van der Waals surface area contributed by atoms with Crippen LogP contribution in [0.4, 0.5) is 19.7 Å². The van der Waals surface area contributed by atoms with E-state index < -0.39 is 11.6 Å². The summed E-state index contributed by atoms with van der Waals surface area (Å²) in [5.74, 6) is 0.106. The van der Waals surface area contributed by atoms with Crippen LogP contribution in [0.2, 0.25) is 0 Å². The second-order valence-electron chi connectivity index (χ2n) is 9.83. The highest BCUT2D eigenvalue weighted by Crippen LogP contribution is 2.47. The van der Waals surface area contributed by atoms with E-state index in [1.165, 1.54) is 30.0 Å². The lowest BCUT2D eigenvalue weighted by molar-refractivity contribution is 0.163. The van der Waals surface area contributed by atoms with Gasteiger partial charge >= 0.3 is 5.69 Å². The van der Waals surface area contributed by atoms with Crippen molar-refractivity contribution in [2.75, 3.05) is 43.2 Å². The Bertz CT molecular complexity index is 1630. The lowest BCUT2D eigenvalue weighted by atomic mass is 10.0. The molecule has 0 spiro atoms. The van der Waals surface area contributed by atoms with Gasteiger partial charge in [0, 0.05) is 59.4 Å². The Balaban J connectivity index is 1.53. The third-order valence-corrected chi connectivity index (χ3v) is 9.67. The van der Waals surface area contributed by atoms with Gasteiger partial charge in [-0.2, -0.15) is 4.98 Å². The number of thioether (sulfide) groups is 1. The molecule has 5 heterocycles. The number of aromatic nitrogens is 3. The van der Waals surface area contributed by atoms with Gasteiger partial charge in [0.2, 0.25) is 0 Å². The Morgan fingerprint density at radius 3 is 2.73 bits per heavy atom. The van der Waals surface area contributed by atoms with E-state index in [4.69, 9.17) is 10.5 Å². The first kappa shape index (κ1) is 23.3. The molecule has 3 atom stereocenters. The number of thiazole rings is 1. The highest BCUT2D eigenvalue weighted by molar-refractivity contribution is 7.99. The highest BCUT2D eigenvalue weighted by Gasteiger charge is 2.36. The van der Waals surface area contributed by atoms with Crippen molar-refractivity contribution in [3.05, 3.63) is 40.3 Å². The molecule has 2 unspecified atom stereocenters. The number of nitrogens with one attached hydrogen (secondary N) is 1. The predicted octanol–water partition coefficient (Wildman–Crippen LogP) is 3.77. The maximum absolute atomic E-state index is 16.2. The van der Waals surface area contributed by atoms with Crippen molar-refractivity contribution in [1.29, 1.82) is 0 Å². The summed E-state index contributed by atoms with van der Waals surface area (Å²) < 4.78 is 38.1. The molecule has 3 aliphatic heterocycles. The van der Waals surface area contributed by atoms with Gasteiger partial charge in [-0.15, -0.1) is 11.8 Å². The summed E-state index contributed by atoms with van der Waals surface area (Å²) in [6.07, 6.45) is 2.14. The number of halogens is 2. The van der Waals surface area contributed by atoms with Gasteiger partial charge < -0.3 is 20.7 Å². The molecule has 0 aliphatic carbocycles. The first-order valence-electron chi connectivity index (χ1n) is 12.2. The molecular weight excluding hydrogens is 518 g/mol. The van der Waals surface area contributed by atoms with Crippen molar-refractivity contribution in [1.82, 2.24) is 19.9 Å². The van der Waals surface area contributed by atoms with E-state index in [2.05, 4.69) is 20.2 Å². The molecule has 2 aromatic carbocycles. The van der Waals surface area contributed by atoms with Crippen LogP contribution in [-0.4, -0.2) is 59.2 Å². The molecule has 192 valence electrons. The number of nitrogens with zero attached hydrogens (tertiary/aromatic N) is 4. The number of fused-ring (bicyclic) bond motifs is 3. The van der Waals surface area contributed by atoms with E-state index in [1.54, 1.807) is 11.7 Å². The van der Waals surface area contributed by atoms with Crippen LogP contribution in [0, 0.1) is 11.6 Å². The third kappa shape index (κ3) is 3.57. The van der Waals surface area contributed by atoms with Gasteiger partial charge in [-0.25, -0.2) is 18.6 Å². The molecule has 2 saturated heterocycles. The van der Waals surface area contributed by atoms with Crippen molar-refractivity contribution in [2.45, 2.75) is 35.9 Å². The van der Waals surface area contributed by atoms with Crippen LogP contribution in [0.1, 0.15) is 18.9 Å². The van der Waals surface area contributed by atoms with Crippen LogP contribution < -0.4 is 21.6 Å². The van der Waals surface area contributed by atoms with Crippen LogP contribution in [0.3, 0.4) is 0 Å². The maximum atomic E-state index is 16.2. The van der Waals surface area contributed by atoms with E-state index in [1.807, 2.05) is 0 Å². The zero-order valence-corrected chi connectivity index (χ0v) is 21.6. The van der Waals surface area contributed by atoms with Crippen molar-refractivity contribution in [3.8, 4) is 11.1 Å². The number of piperazine rings is 1. The maximum Gasteiger partial charge on any atom is 0.350 e. The van der Waals surface area contributed by atoms with Crippen molar-refractivity contribution in [3.63, 3.8) is 0 Å². The quantitative estimate of drug-likeness (QED) is 0.402. The van der Waals surface area contributed by atoms with Crippen LogP contribution in [-0.2, 0) is 4.74 Å². The largest absolute Gasteiger partial charge is 0.383 e. The minimum absolute atomic E-state index is 0.209. The summed E-state index contributed by atoms with van der Waals surface area (Å²) in [5, 5.41) is 4.40. The number of anilines is 2. The zero-order valence-electron chi connectivity index (χ0n) is 20.0. The molecule has 12 heteroatoms. The molecule has 0 radical (unpaired) electrons. The minimum atomic E-state index is -0.467. The first-order valence-corrected chi connectivity index (χ1v) is 14.0. The van der Waals surface area contributed by atoms with Crippen LogP contribution >= 0.6 is 23.1 Å². The van der Waals surface area contributed by atoms with Crippen molar-refractivity contribution in [2.24, 2.45) is 0 Å². The van der Waals surface area contributed by atoms with Gasteiger partial charge in [0.1, 0.15) is 17.5 Å². The number of hydrogen-bond acceptors (Lipinski definition) is 9. The number of nitrogen functional groups attached to an aromatic ring is 1. The molecule has 0 saturated carbocycles. The molecule has 2 fully saturated rings. The Morgan fingerprint density at radius 2 is 1.97 bits per heavy atom. The van der Waals surface area contributed by atoms with E-state index in [0.29, 0.717) is 75.8 Å². The molecule has 3 N–H and O–H groups in total. The van der Waals surface area contributed by atoms with Gasteiger partial charge in [-0.1, -0.05) is 11.3 Å². The average molecular weight is 543 g/mol.